The van der Waals surface area contributed by atoms with Gasteiger partial charge in [-0.05, 0) is 30.5 Å². The summed E-state index contributed by atoms with van der Waals surface area (Å²) in [6.07, 6.45) is 0.550. The van der Waals surface area contributed by atoms with Crippen molar-refractivity contribution >= 4 is 23.5 Å². The van der Waals surface area contributed by atoms with E-state index in [1.165, 1.54) is 17.0 Å². The van der Waals surface area contributed by atoms with Crippen molar-refractivity contribution in [2.24, 2.45) is 11.8 Å². The largest absolute Gasteiger partial charge is 0.481 e. The average Bonchev–Trinajstić information content (AvgIpc) is 2.40. The lowest BCUT2D eigenvalue weighted by molar-refractivity contribution is -0.143. The molecule has 2 unspecified atom stereocenters. The van der Waals surface area contributed by atoms with E-state index in [4.69, 9.17) is 16.7 Å². The molecule has 6 heteroatoms. The summed E-state index contributed by atoms with van der Waals surface area (Å²) >= 11 is 5.58. The van der Waals surface area contributed by atoms with Gasteiger partial charge < -0.3 is 10.0 Å². The highest BCUT2D eigenvalue weighted by molar-refractivity contribution is 6.30. The number of hydrogen-bond acceptors (Lipinski definition) is 2. The van der Waals surface area contributed by atoms with Crippen molar-refractivity contribution in [3.05, 3.63) is 34.6 Å². The Morgan fingerprint density at radius 3 is 2.70 bits per heavy atom. The topological polar surface area (TPSA) is 57.6 Å². The Morgan fingerprint density at radius 1 is 1.40 bits per heavy atom. The molecular weight excluding hydrogens is 285 g/mol. The van der Waals surface area contributed by atoms with Crippen LogP contribution in [0.1, 0.15) is 23.7 Å². The summed E-state index contributed by atoms with van der Waals surface area (Å²) in [5, 5.41) is 9.05. The monoisotopic (exact) mass is 299 g/mol. The molecule has 1 aliphatic heterocycles. The molecule has 20 heavy (non-hydrogen) atoms. The van der Waals surface area contributed by atoms with Gasteiger partial charge in [-0.1, -0.05) is 18.5 Å². The third-order valence-electron chi connectivity index (χ3n) is 3.46. The number of rotatable bonds is 2. The summed E-state index contributed by atoms with van der Waals surface area (Å²) < 4.78 is 13.4. The number of piperidine rings is 1. The van der Waals surface area contributed by atoms with Gasteiger partial charge in [0.05, 0.1) is 10.9 Å². The number of carboxylic acids is 1. The summed E-state index contributed by atoms with van der Waals surface area (Å²) in [5.41, 5.74) is 0.185. The van der Waals surface area contributed by atoms with Gasteiger partial charge in [-0.2, -0.15) is 0 Å². The van der Waals surface area contributed by atoms with Crippen molar-refractivity contribution in [3.63, 3.8) is 0 Å². The molecule has 2 rings (SSSR count). The highest BCUT2D eigenvalue weighted by Crippen LogP contribution is 2.24. The van der Waals surface area contributed by atoms with Crippen LogP contribution >= 0.6 is 11.6 Å². The maximum atomic E-state index is 13.4. The van der Waals surface area contributed by atoms with Crippen molar-refractivity contribution in [3.8, 4) is 0 Å². The number of amides is 1. The zero-order valence-corrected chi connectivity index (χ0v) is 11.7. The minimum atomic E-state index is -0.906. The van der Waals surface area contributed by atoms with Crippen LogP contribution in [0, 0.1) is 17.7 Å². The molecule has 2 atom stereocenters. The summed E-state index contributed by atoms with van der Waals surface area (Å²) in [5.74, 6) is -2.39. The molecule has 1 aromatic rings. The Hall–Kier alpha value is -1.62. The molecule has 0 radical (unpaired) electrons. The first-order chi connectivity index (χ1) is 9.38. The fourth-order valence-electron chi connectivity index (χ4n) is 2.51. The molecule has 0 bridgehead atoms. The Kier molecular flexibility index (Phi) is 4.28. The van der Waals surface area contributed by atoms with E-state index in [1.807, 2.05) is 6.92 Å². The number of carbonyl (C=O) groups is 2. The number of carboxylic acid groups (broad SMARTS) is 1. The van der Waals surface area contributed by atoms with Gasteiger partial charge in [0.25, 0.3) is 5.91 Å². The van der Waals surface area contributed by atoms with Crippen LogP contribution in [0.25, 0.3) is 0 Å². The standard InChI is InChI=1S/C14H15ClFNO3/c1-8-4-10(14(19)20)7-17(6-8)13(18)9-2-3-11(15)12(16)5-9/h2-3,5,8,10H,4,6-7H2,1H3,(H,19,20). The quantitative estimate of drug-likeness (QED) is 0.913. The summed E-state index contributed by atoms with van der Waals surface area (Å²) in [6, 6.07) is 3.86. The Balaban J connectivity index is 2.19. The molecule has 108 valence electrons. The Bertz CT molecular complexity index is 549. The van der Waals surface area contributed by atoms with Gasteiger partial charge >= 0.3 is 5.97 Å². The Labute approximate surface area is 121 Å². The number of halogens is 2. The predicted molar refractivity (Wildman–Crippen MR) is 72.2 cm³/mol. The van der Waals surface area contributed by atoms with Crippen LogP contribution in [-0.4, -0.2) is 35.0 Å². The molecule has 4 nitrogen and oxygen atoms in total. The van der Waals surface area contributed by atoms with Crippen LogP contribution in [-0.2, 0) is 4.79 Å². The minimum absolute atomic E-state index is 0.0445. The molecular formula is C14H15ClFNO3. The summed E-state index contributed by atoms with van der Waals surface area (Å²) in [7, 11) is 0. The highest BCUT2D eigenvalue weighted by Gasteiger charge is 2.32. The van der Waals surface area contributed by atoms with Crippen molar-refractivity contribution in [2.75, 3.05) is 13.1 Å². The van der Waals surface area contributed by atoms with E-state index in [1.54, 1.807) is 0 Å². The molecule has 1 aliphatic rings. The van der Waals surface area contributed by atoms with Crippen LogP contribution in [0.2, 0.25) is 5.02 Å². The molecule has 0 spiro atoms. The molecule has 1 heterocycles. The zero-order chi connectivity index (χ0) is 14.9. The van der Waals surface area contributed by atoms with E-state index in [0.29, 0.717) is 13.0 Å². The molecule has 1 amide bonds. The van der Waals surface area contributed by atoms with Gasteiger partial charge in [0.15, 0.2) is 0 Å². The first-order valence-corrected chi connectivity index (χ1v) is 6.73. The van der Waals surface area contributed by atoms with E-state index in [0.717, 1.165) is 6.07 Å². The van der Waals surface area contributed by atoms with Crippen molar-refractivity contribution < 1.29 is 19.1 Å². The van der Waals surface area contributed by atoms with E-state index >= 15 is 0 Å². The normalized spacial score (nSPS) is 22.6. The van der Waals surface area contributed by atoms with Gasteiger partial charge in [-0.25, -0.2) is 4.39 Å². The lowest BCUT2D eigenvalue weighted by atomic mass is 9.90. The Morgan fingerprint density at radius 2 is 2.10 bits per heavy atom. The molecule has 1 saturated heterocycles. The number of aliphatic carboxylic acids is 1. The highest BCUT2D eigenvalue weighted by atomic mass is 35.5. The molecule has 1 fully saturated rings. The van der Waals surface area contributed by atoms with Crippen LogP contribution < -0.4 is 0 Å². The van der Waals surface area contributed by atoms with E-state index in [-0.39, 0.29) is 29.0 Å². The fourth-order valence-corrected chi connectivity index (χ4v) is 2.63. The first-order valence-electron chi connectivity index (χ1n) is 6.35. The van der Waals surface area contributed by atoms with Gasteiger partial charge in [0, 0.05) is 18.7 Å². The van der Waals surface area contributed by atoms with Gasteiger partial charge in [0.2, 0.25) is 0 Å². The number of hydrogen-bond donors (Lipinski definition) is 1. The molecule has 1 N–H and O–H groups in total. The second kappa shape index (κ2) is 5.79. The van der Waals surface area contributed by atoms with E-state index < -0.39 is 17.7 Å². The third-order valence-corrected chi connectivity index (χ3v) is 3.77. The number of carbonyl (C=O) groups excluding carboxylic acids is 1. The van der Waals surface area contributed by atoms with Gasteiger partial charge in [0.1, 0.15) is 5.82 Å². The van der Waals surface area contributed by atoms with Crippen LogP contribution in [0.5, 0.6) is 0 Å². The second-order valence-corrected chi connectivity index (χ2v) is 5.62. The number of likely N-dealkylation sites (tertiary alicyclic amines) is 1. The molecule has 0 aromatic heterocycles. The van der Waals surface area contributed by atoms with Crippen LogP contribution in [0.4, 0.5) is 4.39 Å². The van der Waals surface area contributed by atoms with Crippen LogP contribution in [0.15, 0.2) is 18.2 Å². The molecule has 1 aromatic carbocycles. The minimum Gasteiger partial charge on any atom is -0.481 e. The molecule has 0 aliphatic carbocycles. The van der Waals surface area contributed by atoms with Crippen molar-refractivity contribution in [1.29, 1.82) is 0 Å². The maximum Gasteiger partial charge on any atom is 0.308 e. The van der Waals surface area contributed by atoms with Crippen molar-refractivity contribution in [2.45, 2.75) is 13.3 Å². The van der Waals surface area contributed by atoms with Gasteiger partial charge in [-0.15, -0.1) is 0 Å². The fraction of sp³-hybridized carbons (Fsp3) is 0.429. The van der Waals surface area contributed by atoms with E-state index in [9.17, 15) is 14.0 Å². The summed E-state index contributed by atoms with van der Waals surface area (Å²) in [4.78, 5) is 24.9. The number of nitrogens with zero attached hydrogens (tertiary/aromatic N) is 1. The van der Waals surface area contributed by atoms with Crippen LogP contribution in [0.3, 0.4) is 0 Å². The maximum absolute atomic E-state index is 13.4. The SMILES string of the molecule is CC1CC(C(=O)O)CN(C(=O)c2ccc(Cl)c(F)c2)C1. The first kappa shape index (κ1) is 14.8. The average molecular weight is 300 g/mol. The van der Waals surface area contributed by atoms with Gasteiger partial charge in [-0.3, -0.25) is 9.59 Å². The zero-order valence-electron chi connectivity index (χ0n) is 11.0. The third kappa shape index (κ3) is 3.10. The second-order valence-electron chi connectivity index (χ2n) is 5.22. The van der Waals surface area contributed by atoms with Crippen molar-refractivity contribution in [1.82, 2.24) is 4.90 Å². The predicted octanol–water partition coefficient (Wildman–Crippen LogP) is 2.66. The number of benzene rings is 1. The smallest absolute Gasteiger partial charge is 0.308 e. The van der Waals surface area contributed by atoms with E-state index in [2.05, 4.69) is 0 Å². The molecule has 0 saturated carbocycles. The lowest BCUT2D eigenvalue weighted by Gasteiger charge is -2.34. The lowest BCUT2D eigenvalue weighted by Crippen LogP contribution is -2.45. The summed E-state index contributed by atoms with van der Waals surface area (Å²) in [6.45, 7) is 2.54.